The van der Waals surface area contributed by atoms with E-state index in [1.54, 1.807) is 6.26 Å². The molecule has 1 aromatic rings. The van der Waals surface area contributed by atoms with Gasteiger partial charge in [-0.2, -0.15) is 0 Å². The molecule has 2 nitrogen and oxygen atoms in total. The molecule has 98 valence electrons. The lowest BCUT2D eigenvalue weighted by atomic mass is 10.0. The molecule has 0 saturated heterocycles. The van der Waals surface area contributed by atoms with E-state index in [2.05, 4.69) is 25.4 Å². The van der Waals surface area contributed by atoms with Gasteiger partial charge in [-0.25, -0.2) is 0 Å². The normalized spacial score (nSPS) is 12.8. The standard InChI is InChI=1S/C15H27NO/c1-3-4-5-6-7-9-14(16-2)11-12-15-10-8-13-17-15/h8,10,13-14,16H,3-7,9,11-12H2,1-2H3. The third kappa shape index (κ3) is 6.52. The zero-order valence-electron chi connectivity index (χ0n) is 11.4. The summed E-state index contributed by atoms with van der Waals surface area (Å²) in [7, 11) is 2.07. The van der Waals surface area contributed by atoms with Crippen molar-refractivity contribution in [3.8, 4) is 0 Å². The lowest BCUT2D eigenvalue weighted by Gasteiger charge is -2.15. The predicted octanol–water partition coefficient (Wildman–Crippen LogP) is 4.16. The van der Waals surface area contributed by atoms with Gasteiger partial charge in [0.15, 0.2) is 0 Å². The number of unbranched alkanes of at least 4 members (excludes halogenated alkanes) is 4. The Hall–Kier alpha value is -0.760. The molecule has 0 spiro atoms. The van der Waals surface area contributed by atoms with Crippen LogP contribution in [0.4, 0.5) is 0 Å². The van der Waals surface area contributed by atoms with Crippen LogP contribution in [0.25, 0.3) is 0 Å². The van der Waals surface area contributed by atoms with Gasteiger partial charge in [-0.15, -0.1) is 0 Å². The maximum atomic E-state index is 5.36. The molecule has 0 radical (unpaired) electrons. The minimum absolute atomic E-state index is 0.640. The summed E-state index contributed by atoms with van der Waals surface area (Å²) in [4.78, 5) is 0. The van der Waals surface area contributed by atoms with Crippen LogP contribution in [0.15, 0.2) is 22.8 Å². The smallest absolute Gasteiger partial charge is 0.103 e. The van der Waals surface area contributed by atoms with Crippen LogP contribution in [0.1, 0.15) is 57.6 Å². The van der Waals surface area contributed by atoms with Crippen molar-refractivity contribution >= 4 is 0 Å². The maximum Gasteiger partial charge on any atom is 0.103 e. The second-order valence-corrected chi connectivity index (χ2v) is 4.81. The highest BCUT2D eigenvalue weighted by molar-refractivity contribution is 4.98. The van der Waals surface area contributed by atoms with Crippen LogP contribution in [-0.4, -0.2) is 13.1 Å². The van der Waals surface area contributed by atoms with Gasteiger partial charge in [0.05, 0.1) is 6.26 Å². The van der Waals surface area contributed by atoms with Crippen LogP contribution in [-0.2, 0) is 6.42 Å². The number of hydrogen-bond acceptors (Lipinski definition) is 2. The predicted molar refractivity (Wildman–Crippen MR) is 73.3 cm³/mol. The van der Waals surface area contributed by atoms with E-state index >= 15 is 0 Å². The highest BCUT2D eigenvalue weighted by Gasteiger charge is 2.07. The van der Waals surface area contributed by atoms with Gasteiger partial charge in [-0.3, -0.25) is 0 Å². The Balaban J connectivity index is 2.07. The lowest BCUT2D eigenvalue weighted by Crippen LogP contribution is -2.25. The lowest BCUT2D eigenvalue weighted by molar-refractivity contribution is 0.431. The second-order valence-electron chi connectivity index (χ2n) is 4.81. The Labute approximate surface area is 106 Å². The molecule has 1 rings (SSSR count). The van der Waals surface area contributed by atoms with Gasteiger partial charge in [0.25, 0.3) is 0 Å². The van der Waals surface area contributed by atoms with Gasteiger partial charge < -0.3 is 9.73 Å². The second kappa shape index (κ2) is 9.29. The van der Waals surface area contributed by atoms with E-state index in [9.17, 15) is 0 Å². The number of rotatable bonds is 10. The van der Waals surface area contributed by atoms with E-state index in [-0.39, 0.29) is 0 Å². The monoisotopic (exact) mass is 237 g/mol. The minimum atomic E-state index is 0.640. The summed E-state index contributed by atoms with van der Waals surface area (Å²) < 4.78 is 5.36. The van der Waals surface area contributed by atoms with Crippen LogP contribution in [0.2, 0.25) is 0 Å². The van der Waals surface area contributed by atoms with Gasteiger partial charge in [-0.1, -0.05) is 39.0 Å². The van der Waals surface area contributed by atoms with Crippen molar-refractivity contribution in [2.45, 2.75) is 64.3 Å². The number of aryl methyl sites for hydroxylation is 1. The average molecular weight is 237 g/mol. The summed E-state index contributed by atoms with van der Waals surface area (Å²) in [5, 5.41) is 3.41. The van der Waals surface area contributed by atoms with Gasteiger partial charge in [0.2, 0.25) is 0 Å². The zero-order valence-corrected chi connectivity index (χ0v) is 11.4. The molecule has 0 bridgehead atoms. The SMILES string of the molecule is CCCCCCCC(CCc1ccco1)NC. The summed E-state index contributed by atoms with van der Waals surface area (Å²) >= 11 is 0. The minimum Gasteiger partial charge on any atom is -0.469 e. The molecule has 0 fully saturated rings. The fraction of sp³-hybridized carbons (Fsp3) is 0.733. The third-order valence-electron chi connectivity index (χ3n) is 3.38. The van der Waals surface area contributed by atoms with E-state index in [0.717, 1.165) is 12.2 Å². The van der Waals surface area contributed by atoms with Crippen molar-refractivity contribution in [1.82, 2.24) is 5.32 Å². The molecule has 1 unspecified atom stereocenters. The first-order chi connectivity index (χ1) is 8.36. The molecule has 0 saturated carbocycles. The molecule has 0 amide bonds. The van der Waals surface area contributed by atoms with Gasteiger partial charge in [-0.05, 0) is 32.0 Å². The van der Waals surface area contributed by atoms with Crippen molar-refractivity contribution < 1.29 is 4.42 Å². The molecular weight excluding hydrogens is 210 g/mol. The van der Waals surface area contributed by atoms with Crippen LogP contribution in [0.3, 0.4) is 0 Å². The van der Waals surface area contributed by atoms with E-state index < -0.39 is 0 Å². The van der Waals surface area contributed by atoms with Crippen LogP contribution < -0.4 is 5.32 Å². The fourth-order valence-corrected chi connectivity index (χ4v) is 2.20. The molecule has 1 atom stereocenters. The van der Waals surface area contributed by atoms with Gasteiger partial charge in [0.1, 0.15) is 5.76 Å². The summed E-state index contributed by atoms with van der Waals surface area (Å²) in [5.74, 6) is 1.11. The molecule has 17 heavy (non-hydrogen) atoms. The van der Waals surface area contributed by atoms with Crippen LogP contribution in [0, 0.1) is 0 Å². The van der Waals surface area contributed by atoms with E-state index in [4.69, 9.17) is 4.42 Å². The Morgan fingerprint density at radius 2 is 2.00 bits per heavy atom. The highest BCUT2D eigenvalue weighted by Crippen LogP contribution is 2.12. The summed E-state index contributed by atoms with van der Waals surface area (Å²) in [6, 6.07) is 4.67. The molecule has 0 aromatic carbocycles. The number of hydrogen-bond donors (Lipinski definition) is 1. The highest BCUT2D eigenvalue weighted by atomic mass is 16.3. The van der Waals surface area contributed by atoms with E-state index in [0.29, 0.717) is 6.04 Å². The number of furan rings is 1. The Bertz CT molecular complexity index is 256. The van der Waals surface area contributed by atoms with Gasteiger partial charge in [0, 0.05) is 12.5 Å². The maximum absolute atomic E-state index is 5.36. The number of nitrogens with one attached hydrogen (secondary N) is 1. The fourth-order valence-electron chi connectivity index (χ4n) is 2.20. The van der Waals surface area contributed by atoms with Crippen molar-refractivity contribution in [2.24, 2.45) is 0 Å². The van der Waals surface area contributed by atoms with Crippen molar-refractivity contribution in [2.75, 3.05) is 7.05 Å². The van der Waals surface area contributed by atoms with E-state index in [1.807, 2.05) is 6.07 Å². The first-order valence-electron chi connectivity index (χ1n) is 7.06. The quantitative estimate of drug-likeness (QED) is 0.618. The summed E-state index contributed by atoms with van der Waals surface area (Å²) in [5.41, 5.74) is 0. The van der Waals surface area contributed by atoms with Crippen molar-refractivity contribution in [1.29, 1.82) is 0 Å². The molecule has 0 aliphatic carbocycles. The Morgan fingerprint density at radius 3 is 2.65 bits per heavy atom. The molecule has 2 heteroatoms. The van der Waals surface area contributed by atoms with Crippen molar-refractivity contribution in [3.05, 3.63) is 24.2 Å². The zero-order chi connectivity index (χ0) is 12.3. The van der Waals surface area contributed by atoms with Crippen LogP contribution >= 0.6 is 0 Å². The first kappa shape index (κ1) is 14.3. The summed E-state index contributed by atoms with van der Waals surface area (Å²) in [6.45, 7) is 2.26. The van der Waals surface area contributed by atoms with Crippen molar-refractivity contribution in [3.63, 3.8) is 0 Å². The van der Waals surface area contributed by atoms with Gasteiger partial charge >= 0.3 is 0 Å². The molecule has 0 aliphatic heterocycles. The van der Waals surface area contributed by atoms with Crippen LogP contribution in [0.5, 0.6) is 0 Å². The summed E-state index contributed by atoms with van der Waals surface area (Å²) in [6.07, 6.45) is 12.1. The average Bonchev–Trinajstić information content (AvgIpc) is 2.86. The molecule has 1 aromatic heterocycles. The first-order valence-corrected chi connectivity index (χ1v) is 7.06. The molecule has 1 heterocycles. The topological polar surface area (TPSA) is 25.2 Å². The molecule has 0 aliphatic rings. The molecule has 1 N–H and O–H groups in total. The third-order valence-corrected chi connectivity index (χ3v) is 3.38. The molecular formula is C15H27NO. The Morgan fingerprint density at radius 1 is 1.18 bits per heavy atom. The van der Waals surface area contributed by atoms with E-state index in [1.165, 1.54) is 44.9 Å². The largest absolute Gasteiger partial charge is 0.469 e. The Kier molecular flexibility index (Phi) is 7.81.